The number of carbonyl (C=O) groups excluding carboxylic acids is 1. The van der Waals surface area contributed by atoms with Crippen LogP contribution in [0, 0.1) is 5.82 Å². The Morgan fingerprint density at radius 2 is 1.59 bits per heavy atom. The molecule has 1 amide bonds. The third kappa shape index (κ3) is 3.17. The number of carbonyl (C=O) groups is 1. The number of aliphatic hydroxyl groups is 1. The zero-order chi connectivity index (χ0) is 18.8. The molecule has 0 spiro atoms. The van der Waals surface area contributed by atoms with Gasteiger partial charge in [0.15, 0.2) is 0 Å². The quantitative estimate of drug-likeness (QED) is 0.708. The van der Waals surface area contributed by atoms with Crippen molar-refractivity contribution in [2.24, 2.45) is 0 Å². The van der Waals surface area contributed by atoms with Crippen molar-refractivity contribution in [1.29, 1.82) is 0 Å². The molecule has 1 aliphatic carbocycles. The predicted octanol–water partition coefficient (Wildman–Crippen LogP) is 4.68. The summed E-state index contributed by atoms with van der Waals surface area (Å²) in [7, 11) is 0. The predicted molar refractivity (Wildman–Crippen MR) is 101 cm³/mol. The lowest BCUT2D eigenvalue weighted by atomic mass is 9.98. The molecule has 0 aliphatic heterocycles. The Morgan fingerprint density at radius 3 is 2.22 bits per heavy atom. The number of amides is 1. The van der Waals surface area contributed by atoms with Crippen LogP contribution in [-0.4, -0.2) is 17.8 Å². The summed E-state index contributed by atoms with van der Waals surface area (Å²) in [6.07, 6.45) is -0.753. The highest BCUT2D eigenvalue weighted by molar-refractivity contribution is 5.86. The van der Waals surface area contributed by atoms with E-state index < -0.39 is 11.9 Å². The normalized spacial score (nSPS) is 12.4. The average Bonchev–Trinajstić information content (AvgIpc) is 3.02. The van der Waals surface area contributed by atoms with Crippen LogP contribution < -0.4 is 5.32 Å². The molecule has 0 saturated carbocycles. The second kappa shape index (κ2) is 7.21. The highest BCUT2D eigenvalue weighted by Crippen LogP contribution is 2.44. The minimum Gasteiger partial charge on any atom is -0.448 e. The summed E-state index contributed by atoms with van der Waals surface area (Å²) >= 11 is 0. The SMILES string of the molecule is O=C(Nc1c(F)cccc1CO)OCC1c2ccccc2-c2ccccc21. The maximum atomic E-state index is 14.0. The molecule has 3 aromatic rings. The molecule has 0 heterocycles. The van der Waals surface area contributed by atoms with E-state index in [1.165, 1.54) is 12.1 Å². The fraction of sp³-hybridized carbons (Fsp3) is 0.136. The lowest BCUT2D eigenvalue weighted by Crippen LogP contribution is -2.19. The van der Waals surface area contributed by atoms with Crippen molar-refractivity contribution in [2.45, 2.75) is 12.5 Å². The van der Waals surface area contributed by atoms with Gasteiger partial charge < -0.3 is 9.84 Å². The van der Waals surface area contributed by atoms with Gasteiger partial charge in [0.05, 0.1) is 12.3 Å². The fourth-order valence-electron chi connectivity index (χ4n) is 3.58. The van der Waals surface area contributed by atoms with Crippen molar-refractivity contribution in [3.05, 3.63) is 89.2 Å². The van der Waals surface area contributed by atoms with E-state index in [1.54, 1.807) is 6.07 Å². The molecular weight excluding hydrogens is 345 g/mol. The molecule has 0 saturated heterocycles. The third-order valence-corrected chi connectivity index (χ3v) is 4.84. The molecule has 2 N–H and O–H groups in total. The van der Waals surface area contributed by atoms with Crippen LogP contribution in [0.4, 0.5) is 14.9 Å². The number of hydrogen-bond acceptors (Lipinski definition) is 3. The summed E-state index contributed by atoms with van der Waals surface area (Å²) in [5.41, 5.74) is 4.72. The van der Waals surface area contributed by atoms with E-state index in [9.17, 15) is 14.3 Å². The van der Waals surface area contributed by atoms with Crippen LogP contribution in [0.3, 0.4) is 0 Å². The molecule has 0 fully saturated rings. The first-order valence-electron chi connectivity index (χ1n) is 8.69. The number of nitrogens with one attached hydrogen (secondary N) is 1. The molecule has 27 heavy (non-hydrogen) atoms. The highest BCUT2D eigenvalue weighted by atomic mass is 19.1. The van der Waals surface area contributed by atoms with Crippen LogP contribution in [0.5, 0.6) is 0 Å². The molecular formula is C22H18FNO3. The molecule has 136 valence electrons. The summed E-state index contributed by atoms with van der Waals surface area (Å²) in [5.74, 6) is -0.684. The molecule has 0 bridgehead atoms. The topological polar surface area (TPSA) is 58.6 Å². The van der Waals surface area contributed by atoms with Crippen LogP contribution in [0.2, 0.25) is 0 Å². The number of halogens is 1. The van der Waals surface area contributed by atoms with Crippen molar-refractivity contribution >= 4 is 11.8 Å². The van der Waals surface area contributed by atoms with Gasteiger partial charge in [0.2, 0.25) is 0 Å². The number of rotatable bonds is 4. The summed E-state index contributed by atoms with van der Waals surface area (Å²) in [5, 5.41) is 11.7. The number of anilines is 1. The summed E-state index contributed by atoms with van der Waals surface area (Å²) in [4.78, 5) is 12.2. The number of hydrogen-bond donors (Lipinski definition) is 2. The molecule has 0 aromatic heterocycles. The smallest absolute Gasteiger partial charge is 0.411 e. The first-order valence-corrected chi connectivity index (χ1v) is 8.69. The van der Waals surface area contributed by atoms with Crippen LogP contribution >= 0.6 is 0 Å². The van der Waals surface area contributed by atoms with Crippen molar-refractivity contribution in [3.8, 4) is 11.1 Å². The Balaban J connectivity index is 1.52. The van der Waals surface area contributed by atoms with E-state index in [-0.39, 0.29) is 24.8 Å². The Morgan fingerprint density at radius 1 is 0.963 bits per heavy atom. The molecule has 5 heteroatoms. The molecule has 0 unspecified atom stereocenters. The van der Waals surface area contributed by atoms with Crippen LogP contribution in [0.25, 0.3) is 11.1 Å². The van der Waals surface area contributed by atoms with Crippen molar-refractivity contribution in [1.82, 2.24) is 0 Å². The molecule has 4 nitrogen and oxygen atoms in total. The van der Waals surface area contributed by atoms with Crippen LogP contribution in [-0.2, 0) is 11.3 Å². The van der Waals surface area contributed by atoms with Crippen molar-refractivity contribution in [3.63, 3.8) is 0 Å². The molecule has 3 aromatic carbocycles. The van der Waals surface area contributed by atoms with Gasteiger partial charge in [-0.25, -0.2) is 9.18 Å². The zero-order valence-electron chi connectivity index (χ0n) is 14.5. The van der Waals surface area contributed by atoms with Gasteiger partial charge in [-0.3, -0.25) is 5.32 Å². The van der Waals surface area contributed by atoms with Gasteiger partial charge in [-0.05, 0) is 28.3 Å². The summed E-state index contributed by atoms with van der Waals surface area (Å²) in [6.45, 7) is -0.237. The average molecular weight is 363 g/mol. The highest BCUT2D eigenvalue weighted by Gasteiger charge is 2.29. The van der Waals surface area contributed by atoms with Gasteiger partial charge >= 0.3 is 6.09 Å². The minimum absolute atomic E-state index is 0.0581. The Bertz CT molecular complexity index is 957. The van der Waals surface area contributed by atoms with Gasteiger partial charge in [-0.15, -0.1) is 0 Å². The molecule has 1 aliphatic rings. The number of benzene rings is 3. The lowest BCUT2D eigenvalue weighted by Gasteiger charge is -2.15. The number of fused-ring (bicyclic) bond motifs is 3. The van der Waals surface area contributed by atoms with E-state index in [0.717, 1.165) is 22.3 Å². The van der Waals surface area contributed by atoms with Gasteiger partial charge in [0, 0.05) is 11.5 Å². The van der Waals surface area contributed by atoms with Gasteiger partial charge in [-0.1, -0.05) is 60.7 Å². The fourth-order valence-corrected chi connectivity index (χ4v) is 3.58. The lowest BCUT2D eigenvalue weighted by molar-refractivity contribution is 0.158. The van der Waals surface area contributed by atoms with E-state index in [4.69, 9.17) is 4.74 Å². The monoisotopic (exact) mass is 363 g/mol. The van der Waals surface area contributed by atoms with Crippen LogP contribution in [0.15, 0.2) is 66.7 Å². The van der Waals surface area contributed by atoms with E-state index in [1.807, 2.05) is 36.4 Å². The number of ether oxygens (including phenoxy) is 1. The second-order valence-corrected chi connectivity index (χ2v) is 6.38. The number of aliphatic hydroxyl groups excluding tert-OH is 1. The summed E-state index contributed by atoms with van der Waals surface area (Å²) in [6, 6.07) is 20.3. The Labute approximate surface area is 156 Å². The second-order valence-electron chi connectivity index (χ2n) is 6.38. The van der Waals surface area contributed by atoms with E-state index >= 15 is 0 Å². The summed E-state index contributed by atoms with van der Waals surface area (Å²) < 4.78 is 19.4. The van der Waals surface area contributed by atoms with Gasteiger partial charge in [0.1, 0.15) is 12.4 Å². The third-order valence-electron chi connectivity index (χ3n) is 4.84. The van der Waals surface area contributed by atoms with Crippen molar-refractivity contribution in [2.75, 3.05) is 11.9 Å². The van der Waals surface area contributed by atoms with Crippen molar-refractivity contribution < 1.29 is 19.0 Å². The first kappa shape index (κ1) is 17.2. The first-order chi connectivity index (χ1) is 13.2. The van der Waals surface area contributed by atoms with Gasteiger partial charge in [-0.2, -0.15) is 0 Å². The zero-order valence-corrected chi connectivity index (χ0v) is 14.5. The van der Waals surface area contributed by atoms with Crippen LogP contribution in [0.1, 0.15) is 22.6 Å². The van der Waals surface area contributed by atoms with E-state index in [0.29, 0.717) is 5.56 Å². The Hall–Kier alpha value is -3.18. The maximum absolute atomic E-state index is 14.0. The standard InChI is InChI=1S/C22H18FNO3/c23-20-11-5-6-14(12-25)21(20)24-22(26)27-13-19-17-9-3-1-7-15(17)16-8-2-4-10-18(16)19/h1-11,19,25H,12-13H2,(H,24,26). The van der Waals surface area contributed by atoms with Gasteiger partial charge in [0.25, 0.3) is 0 Å². The molecule has 4 rings (SSSR count). The molecule has 0 radical (unpaired) electrons. The minimum atomic E-state index is -0.753. The number of para-hydroxylation sites is 1. The Kier molecular flexibility index (Phi) is 4.60. The largest absolute Gasteiger partial charge is 0.448 e. The maximum Gasteiger partial charge on any atom is 0.411 e. The molecule has 0 atom stereocenters. The van der Waals surface area contributed by atoms with E-state index in [2.05, 4.69) is 17.4 Å².